The van der Waals surface area contributed by atoms with Crippen molar-refractivity contribution >= 4 is 27.4 Å². The zero-order valence-electron chi connectivity index (χ0n) is 9.90. The van der Waals surface area contributed by atoms with Gasteiger partial charge in [-0.2, -0.15) is 0 Å². The number of anilines is 1. The van der Waals surface area contributed by atoms with Crippen molar-refractivity contribution < 1.29 is 4.79 Å². The van der Waals surface area contributed by atoms with Crippen LogP contribution in [0.25, 0.3) is 0 Å². The molecule has 0 radical (unpaired) electrons. The van der Waals surface area contributed by atoms with Crippen LogP contribution in [-0.2, 0) is 6.42 Å². The van der Waals surface area contributed by atoms with Crippen molar-refractivity contribution in [3.63, 3.8) is 0 Å². The second-order valence-electron chi connectivity index (χ2n) is 4.14. The van der Waals surface area contributed by atoms with Crippen LogP contribution in [-0.4, -0.2) is 5.78 Å². The predicted molar refractivity (Wildman–Crippen MR) is 77.6 cm³/mol. The number of Topliss-reactive ketones (excluding diaryl/α,β-unsaturated/α-hetero) is 1. The Bertz CT molecular complexity index is 566. The molecule has 2 rings (SSSR count). The molecule has 0 bridgehead atoms. The van der Waals surface area contributed by atoms with E-state index in [1.54, 1.807) is 12.1 Å². The maximum Gasteiger partial charge on any atom is 0.165 e. The Hall–Kier alpha value is -1.61. The SMILES string of the molecule is Nc1ccccc1C(=O)CCc1cccc(Br)c1. The number of rotatable bonds is 4. The van der Waals surface area contributed by atoms with Gasteiger partial charge in [0.15, 0.2) is 5.78 Å². The van der Waals surface area contributed by atoms with Crippen molar-refractivity contribution in [2.45, 2.75) is 12.8 Å². The number of halogens is 1. The molecule has 2 aromatic rings. The molecule has 2 aromatic carbocycles. The summed E-state index contributed by atoms with van der Waals surface area (Å²) in [6, 6.07) is 15.2. The highest BCUT2D eigenvalue weighted by Crippen LogP contribution is 2.16. The van der Waals surface area contributed by atoms with E-state index in [1.165, 1.54) is 0 Å². The minimum Gasteiger partial charge on any atom is -0.398 e. The van der Waals surface area contributed by atoms with Crippen LogP contribution in [0.2, 0.25) is 0 Å². The van der Waals surface area contributed by atoms with Gasteiger partial charge in [-0.05, 0) is 36.2 Å². The molecule has 0 heterocycles. The summed E-state index contributed by atoms with van der Waals surface area (Å²) in [7, 11) is 0. The zero-order valence-corrected chi connectivity index (χ0v) is 11.5. The first-order valence-electron chi connectivity index (χ1n) is 5.79. The van der Waals surface area contributed by atoms with E-state index < -0.39 is 0 Å². The fraction of sp³-hybridized carbons (Fsp3) is 0.133. The van der Waals surface area contributed by atoms with E-state index in [1.807, 2.05) is 36.4 Å². The van der Waals surface area contributed by atoms with Gasteiger partial charge in [0.1, 0.15) is 0 Å². The van der Waals surface area contributed by atoms with Crippen LogP contribution < -0.4 is 5.73 Å². The summed E-state index contributed by atoms with van der Waals surface area (Å²) in [4.78, 5) is 12.0. The molecule has 0 fully saturated rings. The highest BCUT2D eigenvalue weighted by molar-refractivity contribution is 9.10. The highest BCUT2D eigenvalue weighted by Gasteiger charge is 2.08. The molecule has 3 heteroatoms. The molecule has 2 nitrogen and oxygen atoms in total. The summed E-state index contributed by atoms with van der Waals surface area (Å²) in [5.41, 5.74) is 8.10. The molecule has 0 saturated carbocycles. The van der Waals surface area contributed by atoms with Crippen molar-refractivity contribution in [1.29, 1.82) is 0 Å². The third-order valence-electron chi connectivity index (χ3n) is 2.79. The summed E-state index contributed by atoms with van der Waals surface area (Å²) < 4.78 is 1.03. The third-order valence-corrected chi connectivity index (χ3v) is 3.28. The molecule has 0 amide bonds. The molecule has 0 atom stereocenters. The van der Waals surface area contributed by atoms with Crippen molar-refractivity contribution in [3.8, 4) is 0 Å². The Balaban J connectivity index is 2.03. The number of carbonyl (C=O) groups is 1. The maximum absolute atomic E-state index is 12.0. The van der Waals surface area contributed by atoms with E-state index in [0.29, 0.717) is 17.7 Å². The number of ketones is 1. The number of benzene rings is 2. The molecule has 0 aliphatic heterocycles. The second-order valence-corrected chi connectivity index (χ2v) is 5.06. The first kappa shape index (κ1) is 12.8. The van der Waals surface area contributed by atoms with Gasteiger partial charge in [0.25, 0.3) is 0 Å². The van der Waals surface area contributed by atoms with Gasteiger partial charge >= 0.3 is 0 Å². The van der Waals surface area contributed by atoms with Crippen molar-refractivity contribution in [2.24, 2.45) is 0 Å². The van der Waals surface area contributed by atoms with Crippen molar-refractivity contribution in [1.82, 2.24) is 0 Å². The van der Waals surface area contributed by atoms with E-state index in [2.05, 4.69) is 15.9 Å². The normalized spacial score (nSPS) is 10.3. The smallest absolute Gasteiger partial charge is 0.165 e. The second kappa shape index (κ2) is 5.83. The molecule has 0 aromatic heterocycles. The molecule has 0 aliphatic carbocycles. The zero-order chi connectivity index (χ0) is 13.0. The lowest BCUT2D eigenvalue weighted by Gasteiger charge is -2.05. The summed E-state index contributed by atoms with van der Waals surface area (Å²) in [5, 5.41) is 0. The number of para-hydroxylation sites is 1. The van der Waals surface area contributed by atoms with Gasteiger partial charge < -0.3 is 5.73 Å². The fourth-order valence-corrected chi connectivity index (χ4v) is 2.28. The highest BCUT2D eigenvalue weighted by atomic mass is 79.9. The minimum absolute atomic E-state index is 0.0908. The van der Waals surface area contributed by atoms with Gasteiger partial charge in [-0.1, -0.05) is 40.2 Å². The average Bonchev–Trinajstić information content (AvgIpc) is 2.37. The largest absolute Gasteiger partial charge is 0.398 e. The van der Waals surface area contributed by atoms with Gasteiger partial charge in [-0.3, -0.25) is 4.79 Å². The number of nitrogen functional groups attached to an aromatic ring is 1. The monoisotopic (exact) mass is 303 g/mol. The summed E-state index contributed by atoms with van der Waals surface area (Å²) in [5.74, 6) is 0.0908. The number of aryl methyl sites for hydroxylation is 1. The van der Waals surface area contributed by atoms with Gasteiger partial charge in [-0.25, -0.2) is 0 Å². The van der Waals surface area contributed by atoms with Crippen LogP contribution in [0.4, 0.5) is 5.69 Å². The lowest BCUT2D eigenvalue weighted by atomic mass is 10.0. The van der Waals surface area contributed by atoms with E-state index in [0.717, 1.165) is 16.5 Å². The van der Waals surface area contributed by atoms with E-state index in [-0.39, 0.29) is 5.78 Å². The molecular formula is C15H14BrNO. The summed E-state index contributed by atoms with van der Waals surface area (Å²) >= 11 is 3.42. The first-order valence-corrected chi connectivity index (χ1v) is 6.58. The van der Waals surface area contributed by atoms with Crippen LogP contribution >= 0.6 is 15.9 Å². The molecule has 0 unspecified atom stereocenters. The standard InChI is InChI=1S/C15H14BrNO/c16-12-5-3-4-11(10-12)8-9-15(18)13-6-1-2-7-14(13)17/h1-7,10H,8-9,17H2. The Labute approximate surface area is 115 Å². The van der Waals surface area contributed by atoms with Gasteiger partial charge in [-0.15, -0.1) is 0 Å². The fourth-order valence-electron chi connectivity index (χ4n) is 1.84. The first-order chi connectivity index (χ1) is 8.66. The Morgan fingerprint density at radius 3 is 2.61 bits per heavy atom. The van der Waals surface area contributed by atoms with E-state index in [9.17, 15) is 4.79 Å². The Morgan fingerprint density at radius 2 is 1.89 bits per heavy atom. The lowest BCUT2D eigenvalue weighted by Crippen LogP contribution is -2.04. The minimum atomic E-state index is 0.0908. The van der Waals surface area contributed by atoms with E-state index in [4.69, 9.17) is 5.73 Å². The summed E-state index contributed by atoms with van der Waals surface area (Å²) in [6.07, 6.45) is 1.21. The Morgan fingerprint density at radius 1 is 1.11 bits per heavy atom. The third kappa shape index (κ3) is 3.20. The molecule has 92 valence electrons. The predicted octanol–water partition coefficient (Wildman–Crippen LogP) is 3.85. The molecule has 0 spiro atoms. The van der Waals surface area contributed by atoms with Gasteiger partial charge in [0, 0.05) is 22.1 Å². The van der Waals surface area contributed by atoms with Crippen LogP contribution in [0, 0.1) is 0 Å². The number of nitrogens with two attached hydrogens (primary N) is 1. The van der Waals surface area contributed by atoms with Gasteiger partial charge in [0.2, 0.25) is 0 Å². The molecular weight excluding hydrogens is 290 g/mol. The molecule has 0 saturated heterocycles. The molecule has 2 N–H and O–H groups in total. The topological polar surface area (TPSA) is 43.1 Å². The molecule has 0 aliphatic rings. The van der Waals surface area contributed by atoms with Crippen LogP contribution in [0.3, 0.4) is 0 Å². The van der Waals surface area contributed by atoms with Gasteiger partial charge in [0.05, 0.1) is 0 Å². The Kier molecular flexibility index (Phi) is 4.15. The quantitative estimate of drug-likeness (QED) is 0.689. The number of hydrogen-bond donors (Lipinski definition) is 1. The molecule has 18 heavy (non-hydrogen) atoms. The van der Waals surface area contributed by atoms with Crippen LogP contribution in [0.1, 0.15) is 22.3 Å². The lowest BCUT2D eigenvalue weighted by molar-refractivity contribution is 0.0983. The number of hydrogen-bond acceptors (Lipinski definition) is 2. The van der Waals surface area contributed by atoms with Crippen molar-refractivity contribution in [2.75, 3.05) is 5.73 Å². The maximum atomic E-state index is 12.0. The summed E-state index contributed by atoms with van der Waals surface area (Å²) in [6.45, 7) is 0. The van der Waals surface area contributed by atoms with Crippen molar-refractivity contribution in [3.05, 3.63) is 64.1 Å². The average molecular weight is 304 g/mol. The van der Waals surface area contributed by atoms with Crippen LogP contribution in [0.5, 0.6) is 0 Å². The van der Waals surface area contributed by atoms with E-state index >= 15 is 0 Å². The number of carbonyl (C=O) groups excluding carboxylic acids is 1. The van der Waals surface area contributed by atoms with Crippen LogP contribution in [0.15, 0.2) is 53.0 Å².